The summed E-state index contributed by atoms with van der Waals surface area (Å²) in [5.41, 5.74) is 1.57. The first-order valence-electron chi connectivity index (χ1n) is 5.88. The molecule has 0 aliphatic rings. The summed E-state index contributed by atoms with van der Waals surface area (Å²) in [7, 11) is 0. The Labute approximate surface area is 114 Å². The van der Waals surface area contributed by atoms with Crippen molar-refractivity contribution < 1.29 is 24.6 Å². The van der Waals surface area contributed by atoms with Crippen molar-refractivity contribution in [3.05, 3.63) is 17.5 Å². The number of carbonyl (C=O) groups excluding carboxylic acids is 1. The second-order valence-electron chi connectivity index (χ2n) is 4.17. The van der Waals surface area contributed by atoms with Gasteiger partial charge in [0.1, 0.15) is 6.04 Å². The smallest absolute Gasteiger partial charge is 0.326 e. The normalized spacial score (nSPS) is 11.7. The molecule has 1 aromatic heterocycles. The van der Waals surface area contributed by atoms with Gasteiger partial charge in [-0.1, -0.05) is 0 Å². The first kappa shape index (κ1) is 15.5. The molecule has 1 atom stereocenters. The average Bonchev–Trinajstić information content (AvgIpc) is 2.77. The van der Waals surface area contributed by atoms with Crippen molar-refractivity contribution in [1.82, 2.24) is 20.8 Å². The quantitative estimate of drug-likeness (QED) is 0.470. The summed E-state index contributed by atoms with van der Waals surface area (Å²) >= 11 is 0. The highest BCUT2D eigenvalue weighted by Gasteiger charge is 2.20. The third-order valence-corrected chi connectivity index (χ3v) is 2.62. The molecule has 0 aliphatic carbocycles. The molecule has 0 bridgehead atoms. The molecule has 0 unspecified atom stereocenters. The highest BCUT2D eigenvalue weighted by Crippen LogP contribution is 2.02. The molecule has 20 heavy (non-hydrogen) atoms. The topological polar surface area (TPSA) is 144 Å². The number of nitrogens with one attached hydrogen (secondary N) is 3. The Morgan fingerprint density at radius 3 is 2.60 bits per heavy atom. The van der Waals surface area contributed by atoms with Crippen LogP contribution < -0.4 is 10.6 Å². The van der Waals surface area contributed by atoms with Crippen molar-refractivity contribution in [2.24, 2.45) is 0 Å². The number of carboxylic acid groups (broad SMARTS) is 2. The van der Waals surface area contributed by atoms with E-state index in [-0.39, 0.29) is 19.4 Å². The molecule has 110 valence electrons. The molecule has 0 aromatic carbocycles. The van der Waals surface area contributed by atoms with E-state index in [1.54, 1.807) is 13.1 Å². The number of aromatic nitrogens is 2. The van der Waals surface area contributed by atoms with E-state index >= 15 is 0 Å². The number of aliphatic carboxylic acids is 2. The maximum absolute atomic E-state index is 11.5. The summed E-state index contributed by atoms with van der Waals surface area (Å²) in [6.07, 6.45) is 1.04. The molecule has 0 saturated heterocycles. The number of urea groups is 1. The number of carbonyl (C=O) groups is 3. The van der Waals surface area contributed by atoms with Crippen molar-refractivity contribution in [3.63, 3.8) is 0 Å². The Morgan fingerprint density at radius 2 is 2.10 bits per heavy atom. The van der Waals surface area contributed by atoms with Crippen LogP contribution in [-0.2, 0) is 16.1 Å². The molecule has 2 amide bonds. The molecule has 0 radical (unpaired) electrons. The third-order valence-electron chi connectivity index (χ3n) is 2.62. The molecule has 9 heteroatoms. The number of aromatic amines is 1. The fraction of sp³-hybridized carbons (Fsp3) is 0.455. The average molecular weight is 284 g/mol. The van der Waals surface area contributed by atoms with Crippen molar-refractivity contribution in [2.75, 3.05) is 0 Å². The van der Waals surface area contributed by atoms with Crippen molar-refractivity contribution in [1.29, 1.82) is 0 Å². The maximum atomic E-state index is 11.5. The Kier molecular flexibility index (Phi) is 5.51. The SMILES string of the molecule is Cc1[nH]ncc1CNC(=O)N[C@@H](CCC(=O)O)C(=O)O. The lowest BCUT2D eigenvalue weighted by molar-refractivity contribution is -0.140. The van der Waals surface area contributed by atoms with E-state index in [1.807, 2.05) is 0 Å². The number of aryl methyl sites for hydroxylation is 1. The van der Waals surface area contributed by atoms with Crippen LogP contribution in [0.15, 0.2) is 6.20 Å². The Morgan fingerprint density at radius 1 is 1.40 bits per heavy atom. The van der Waals surface area contributed by atoms with E-state index in [4.69, 9.17) is 10.2 Å². The number of amides is 2. The van der Waals surface area contributed by atoms with Crippen LogP contribution in [0.5, 0.6) is 0 Å². The van der Waals surface area contributed by atoms with Gasteiger partial charge in [-0.2, -0.15) is 5.10 Å². The minimum absolute atomic E-state index is 0.178. The van der Waals surface area contributed by atoms with Crippen molar-refractivity contribution in [2.45, 2.75) is 32.4 Å². The first-order valence-corrected chi connectivity index (χ1v) is 5.88. The summed E-state index contributed by atoms with van der Waals surface area (Å²) in [4.78, 5) is 32.8. The van der Waals surface area contributed by atoms with Crippen LogP contribution in [0.1, 0.15) is 24.1 Å². The van der Waals surface area contributed by atoms with Crippen molar-refractivity contribution in [3.8, 4) is 0 Å². The molecular weight excluding hydrogens is 268 g/mol. The summed E-state index contributed by atoms with van der Waals surface area (Å²) < 4.78 is 0. The second kappa shape index (κ2) is 7.12. The zero-order chi connectivity index (χ0) is 15.1. The molecular formula is C11H16N4O5. The minimum Gasteiger partial charge on any atom is -0.481 e. The van der Waals surface area contributed by atoms with Crippen LogP contribution in [0.2, 0.25) is 0 Å². The summed E-state index contributed by atoms with van der Waals surface area (Å²) in [5, 5.41) is 28.6. The molecule has 9 nitrogen and oxygen atoms in total. The molecule has 1 aromatic rings. The van der Waals surface area contributed by atoms with Gasteiger partial charge in [0.2, 0.25) is 0 Å². The van der Waals surface area contributed by atoms with Crippen molar-refractivity contribution >= 4 is 18.0 Å². The summed E-state index contributed by atoms with van der Waals surface area (Å²) in [6.45, 7) is 1.98. The van der Waals surface area contributed by atoms with E-state index in [1.165, 1.54) is 0 Å². The summed E-state index contributed by atoms with van der Waals surface area (Å²) in [6, 6.07) is -1.92. The van der Waals surface area contributed by atoms with E-state index < -0.39 is 24.0 Å². The predicted octanol–water partition coefficient (Wildman–Crippen LogP) is -0.165. The number of H-pyrrole nitrogens is 1. The largest absolute Gasteiger partial charge is 0.481 e. The highest BCUT2D eigenvalue weighted by atomic mass is 16.4. The zero-order valence-corrected chi connectivity index (χ0v) is 10.8. The summed E-state index contributed by atoms with van der Waals surface area (Å²) in [5.74, 6) is -2.40. The second-order valence-corrected chi connectivity index (χ2v) is 4.17. The van der Waals surface area contributed by atoms with Gasteiger partial charge >= 0.3 is 18.0 Å². The molecule has 5 N–H and O–H groups in total. The van der Waals surface area contributed by atoms with E-state index in [0.717, 1.165) is 11.3 Å². The molecule has 0 fully saturated rings. The van der Waals surface area contributed by atoms with Gasteiger partial charge in [-0.3, -0.25) is 9.89 Å². The number of hydrogen-bond acceptors (Lipinski definition) is 4. The molecule has 0 aliphatic heterocycles. The molecule has 1 rings (SSSR count). The molecule has 0 spiro atoms. The van der Waals surface area contributed by atoms with Gasteiger partial charge < -0.3 is 20.8 Å². The number of nitrogens with zero attached hydrogens (tertiary/aromatic N) is 1. The van der Waals surface area contributed by atoms with Crippen LogP contribution in [0.25, 0.3) is 0 Å². The van der Waals surface area contributed by atoms with Gasteiger partial charge in [-0.15, -0.1) is 0 Å². The van der Waals surface area contributed by atoms with E-state index in [2.05, 4.69) is 20.8 Å². The van der Waals surface area contributed by atoms with Crippen LogP contribution in [-0.4, -0.2) is 44.4 Å². The van der Waals surface area contributed by atoms with Crippen LogP contribution >= 0.6 is 0 Å². The Hall–Kier alpha value is -2.58. The van der Waals surface area contributed by atoms with Gasteiger partial charge in [-0.05, 0) is 13.3 Å². The standard InChI is InChI=1S/C11H16N4O5/c1-6-7(5-13-15-6)4-12-11(20)14-8(10(18)19)2-3-9(16)17/h5,8H,2-4H2,1H3,(H,13,15)(H,16,17)(H,18,19)(H2,12,14,20)/t8-/m0/s1. The first-order chi connectivity index (χ1) is 9.40. The Balaban J connectivity index is 2.43. The maximum Gasteiger partial charge on any atom is 0.326 e. The third kappa shape index (κ3) is 4.96. The van der Waals surface area contributed by atoms with E-state index in [9.17, 15) is 14.4 Å². The minimum atomic E-state index is -1.28. The van der Waals surface area contributed by atoms with Gasteiger partial charge in [0.25, 0.3) is 0 Å². The van der Waals surface area contributed by atoms with Crippen LogP contribution in [0, 0.1) is 6.92 Å². The van der Waals surface area contributed by atoms with Crippen LogP contribution in [0.4, 0.5) is 4.79 Å². The lowest BCUT2D eigenvalue weighted by Crippen LogP contribution is -2.46. The highest BCUT2D eigenvalue weighted by molar-refractivity contribution is 5.82. The zero-order valence-electron chi connectivity index (χ0n) is 10.8. The number of carboxylic acids is 2. The number of hydrogen-bond donors (Lipinski definition) is 5. The number of rotatable bonds is 7. The fourth-order valence-corrected chi connectivity index (χ4v) is 1.46. The van der Waals surface area contributed by atoms with Crippen LogP contribution in [0.3, 0.4) is 0 Å². The van der Waals surface area contributed by atoms with Gasteiger partial charge in [-0.25, -0.2) is 9.59 Å². The Bertz CT molecular complexity index is 499. The fourth-order valence-electron chi connectivity index (χ4n) is 1.46. The van der Waals surface area contributed by atoms with Gasteiger partial charge in [0.15, 0.2) is 0 Å². The lowest BCUT2D eigenvalue weighted by Gasteiger charge is -2.14. The predicted molar refractivity (Wildman–Crippen MR) is 67.0 cm³/mol. The molecule has 1 heterocycles. The van der Waals surface area contributed by atoms with E-state index in [0.29, 0.717) is 0 Å². The van der Waals surface area contributed by atoms with Gasteiger partial charge in [0.05, 0.1) is 6.20 Å². The van der Waals surface area contributed by atoms with Gasteiger partial charge in [0, 0.05) is 24.2 Å². The monoisotopic (exact) mass is 284 g/mol. The molecule has 0 saturated carbocycles. The lowest BCUT2D eigenvalue weighted by atomic mass is 10.1.